The third-order valence-electron chi connectivity index (χ3n) is 11.9. The number of aliphatic hydroxyl groups is 3. The second-order valence-electron chi connectivity index (χ2n) is 17.4. The summed E-state index contributed by atoms with van der Waals surface area (Å²) in [6, 6.07) is -0.791. The lowest BCUT2D eigenvalue weighted by molar-refractivity contribution is -0.131. The van der Waals surface area contributed by atoms with Crippen LogP contribution in [0.3, 0.4) is 0 Å². The molecule has 0 aromatic rings. The molecule has 3 unspecified atom stereocenters. The minimum Gasteiger partial charge on any atom is -0.394 e. The molecule has 0 saturated carbocycles. The lowest BCUT2D eigenvalue weighted by Crippen LogP contribution is -2.48. The first-order chi connectivity index (χ1) is 27.1. The van der Waals surface area contributed by atoms with E-state index in [2.05, 4.69) is 19.2 Å². The maximum atomic E-state index is 12.4. The Morgan fingerprint density at radius 3 is 1.00 bits per heavy atom. The van der Waals surface area contributed by atoms with Crippen molar-refractivity contribution in [3.8, 4) is 0 Å². The highest BCUT2D eigenvalue weighted by Gasteiger charge is 2.22. The second kappa shape index (κ2) is 45.8. The maximum absolute atomic E-state index is 12.4. The van der Waals surface area contributed by atoms with Crippen LogP contribution >= 0.6 is 0 Å². The Morgan fingerprint density at radius 2 is 0.709 bits per heavy atom. The maximum Gasteiger partial charge on any atom is 0.249 e. The predicted molar refractivity (Wildman–Crippen MR) is 241 cm³/mol. The number of rotatable bonds is 46. The van der Waals surface area contributed by atoms with E-state index >= 15 is 0 Å². The van der Waals surface area contributed by atoms with Crippen LogP contribution in [-0.4, -0.2) is 46.1 Å². The average molecular weight is 778 g/mol. The Balaban J connectivity index is 3.42. The van der Waals surface area contributed by atoms with E-state index in [1.165, 1.54) is 225 Å². The van der Waals surface area contributed by atoms with Gasteiger partial charge in [0.1, 0.15) is 6.10 Å². The molecule has 0 rings (SSSR count). The van der Waals surface area contributed by atoms with Gasteiger partial charge in [-0.3, -0.25) is 4.79 Å². The number of amides is 1. The summed E-state index contributed by atoms with van der Waals surface area (Å²) in [6.07, 6.45) is 55.8. The van der Waals surface area contributed by atoms with Crippen LogP contribution in [0.1, 0.15) is 277 Å². The number of nitrogens with one attached hydrogen (secondary N) is 1. The molecule has 5 nitrogen and oxygen atoms in total. The van der Waals surface area contributed by atoms with E-state index in [-0.39, 0.29) is 6.61 Å². The molecule has 55 heavy (non-hydrogen) atoms. The van der Waals surface area contributed by atoms with E-state index < -0.39 is 24.2 Å². The number of carbonyl (C=O) groups is 1. The number of allylic oxidation sites excluding steroid dienone is 1. The number of hydrogen-bond donors (Lipinski definition) is 4. The van der Waals surface area contributed by atoms with E-state index in [9.17, 15) is 20.1 Å². The highest BCUT2D eigenvalue weighted by atomic mass is 16.3. The van der Waals surface area contributed by atoms with Crippen molar-refractivity contribution in [3.05, 3.63) is 12.2 Å². The molecule has 0 bridgehead atoms. The van der Waals surface area contributed by atoms with Gasteiger partial charge >= 0.3 is 0 Å². The molecule has 0 aliphatic rings. The zero-order valence-electron chi connectivity index (χ0n) is 37.3. The van der Waals surface area contributed by atoms with Crippen LogP contribution in [-0.2, 0) is 4.79 Å². The van der Waals surface area contributed by atoms with Crippen LogP contribution in [0.15, 0.2) is 12.2 Å². The van der Waals surface area contributed by atoms with Gasteiger partial charge < -0.3 is 20.6 Å². The third-order valence-corrected chi connectivity index (χ3v) is 11.9. The Labute approximate surface area is 344 Å². The van der Waals surface area contributed by atoms with E-state index in [4.69, 9.17) is 0 Å². The molecule has 1 amide bonds. The van der Waals surface area contributed by atoms with E-state index in [0.717, 1.165) is 32.1 Å². The first-order valence-electron chi connectivity index (χ1n) is 25.0. The molecule has 3 atom stereocenters. The topological polar surface area (TPSA) is 89.8 Å². The van der Waals surface area contributed by atoms with Gasteiger partial charge in [0.15, 0.2) is 0 Å². The number of unbranched alkanes of at least 4 members (excludes halogenated alkanes) is 38. The Hall–Kier alpha value is -0.910. The largest absolute Gasteiger partial charge is 0.394 e. The first kappa shape index (κ1) is 54.1. The average Bonchev–Trinajstić information content (AvgIpc) is 3.19. The third kappa shape index (κ3) is 41.1. The van der Waals surface area contributed by atoms with Gasteiger partial charge in [0, 0.05) is 0 Å². The quantitative estimate of drug-likeness (QED) is 0.0366. The fourth-order valence-electron chi connectivity index (χ4n) is 7.95. The summed E-state index contributed by atoms with van der Waals surface area (Å²) in [5, 5.41) is 33.0. The summed E-state index contributed by atoms with van der Waals surface area (Å²) in [5.41, 5.74) is 0. The van der Waals surface area contributed by atoms with Crippen molar-refractivity contribution in [2.45, 2.75) is 295 Å². The van der Waals surface area contributed by atoms with Gasteiger partial charge in [-0.2, -0.15) is 0 Å². The van der Waals surface area contributed by atoms with Crippen LogP contribution < -0.4 is 5.32 Å². The molecule has 4 N–H and O–H groups in total. The molecule has 0 radical (unpaired) electrons. The summed E-state index contributed by atoms with van der Waals surface area (Å²) in [5.74, 6) is -0.501. The van der Waals surface area contributed by atoms with Gasteiger partial charge in [-0.05, 0) is 19.3 Å². The molecule has 0 aromatic carbocycles. The smallest absolute Gasteiger partial charge is 0.249 e. The summed E-state index contributed by atoms with van der Waals surface area (Å²) >= 11 is 0. The zero-order valence-corrected chi connectivity index (χ0v) is 37.3. The highest BCUT2D eigenvalue weighted by molar-refractivity contribution is 5.80. The van der Waals surface area contributed by atoms with Gasteiger partial charge in [0.25, 0.3) is 0 Å². The highest BCUT2D eigenvalue weighted by Crippen LogP contribution is 2.17. The SMILES string of the molecule is CCCCCCCCC/C=C/C(O)C(CO)NC(=O)C(O)CCCCCCCCCCCCCCCCCCCCCCCCCCCCCCCCCC. The normalized spacial score (nSPS) is 13.5. The molecule has 328 valence electrons. The molecule has 0 heterocycles. The molecule has 0 aromatic heterocycles. The van der Waals surface area contributed by atoms with Gasteiger partial charge in [0.2, 0.25) is 5.91 Å². The Kier molecular flexibility index (Phi) is 45.0. The van der Waals surface area contributed by atoms with Crippen molar-refractivity contribution in [3.63, 3.8) is 0 Å². The van der Waals surface area contributed by atoms with Crippen molar-refractivity contribution in [1.82, 2.24) is 5.32 Å². The predicted octanol–water partition coefficient (Wildman–Crippen LogP) is 14.8. The number of aliphatic hydroxyl groups excluding tert-OH is 3. The van der Waals surface area contributed by atoms with Gasteiger partial charge in [-0.25, -0.2) is 0 Å². The van der Waals surface area contributed by atoms with Crippen LogP contribution in [0, 0.1) is 0 Å². The minimum absolute atomic E-state index is 0.360. The van der Waals surface area contributed by atoms with Crippen molar-refractivity contribution in [1.29, 1.82) is 0 Å². The molecule has 0 saturated heterocycles. The van der Waals surface area contributed by atoms with E-state index in [0.29, 0.717) is 6.42 Å². The fraction of sp³-hybridized carbons (Fsp3) is 0.940. The Bertz CT molecular complexity index is 773. The lowest BCUT2D eigenvalue weighted by atomic mass is 10.0. The lowest BCUT2D eigenvalue weighted by Gasteiger charge is -2.21. The van der Waals surface area contributed by atoms with Gasteiger partial charge in [-0.15, -0.1) is 0 Å². The minimum atomic E-state index is -1.09. The molecule has 0 aliphatic heterocycles. The summed E-state index contributed by atoms with van der Waals surface area (Å²) in [6.45, 7) is 4.17. The molecular weight excluding hydrogens is 679 g/mol. The van der Waals surface area contributed by atoms with E-state index in [1.807, 2.05) is 6.08 Å². The van der Waals surface area contributed by atoms with Crippen LogP contribution in [0.4, 0.5) is 0 Å². The van der Waals surface area contributed by atoms with Crippen LogP contribution in [0.25, 0.3) is 0 Å². The second-order valence-corrected chi connectivity index (χ2v) is 17.4. The van der Waals surface area contributed by atoms with E-state index in [1.54, 1.807) is 6.08 Å². The van der Waals surface area contributed by atoms with Crippen molar-refractivity contribution < 1.29 is 20.1 Å². The fourth-order valence-corrected chi connectivity index (χ4v) is 7.95. The molecule has 0 spiro atoms. The van der Waals surface area contributed by atoms with Crippen molar-refractivity contribution in [2.24, 2.45) is 0 Å². The van der Waals surface area contributed by atoms with Crippen molar-refractivity contribution in [2.75, 3.05) is 6.61 Å². The molecular formula is C50H99NO4. The monoisotopic (exact) mass is 778 g/mol. The van der Waals surface area contributed by atoms with Crippen LogP contribution in [0.2, 0.25) is 0 Å². The van der Waals surface area contributed by atoms with Crippen molar-refractivity contribution >= 4 is 5.91 Å². The molecule has 0 fully saturated rings. The van der Waals surface area contributed by atoms with Gasteiger partial charge in [0.05, 0.1) is 18.8 Å². The zero-order chi connectivity index (χ0) is 40.1. The summed E-state index contributed by atoms with van der Waals surface area (Å²) < 4.78 is 0. The standard InChI is InChI=1S/C50H99NO4/c1-3-5-7-9-11-13-14-15-16-17-18-19-20-21-22-23-24-25-26-27-28-29-30-31-32-33-34-35-37-39-41-43-45-49(54)50(55)51-47(46-52)48(53)44-42-40-38-36-12-10-8-6-4-2/h42,44,47-49,52-54H,3-41,43,45-46H2,1-2H3,(H,51,55)/b44-42+. The number of hydrogen-bond acceptors (Lipinski definition) is 4. The summed E-state index contributed by atoms with van der Waals surface area (Å²) in [4.78, 5) is 12.4. The molecule has 0 aliphatic carbocycles. The first-order valence-corrected chi connectivity index (χ1v) is 25.0. The summed E-state index contributed by atoms with van der Waals surface area (Å²) in [7, 11) is 0. The molecule has 5 heteroatoms. The van der Waals surface area contributed by atoms with Crippen LogP contribution in [0.5, 0.6) is 0 Å². The number of carbonyl (C=O) groups excluding carboxylic acids is 1. The van der Waals surface area contributed by atoms with Gasteiger partial charge in [-0.1, -0.05) is 270 Å². The Morgan fingerprint density at radius 1 is 0.436 bits per heavy atom.